The minimum atomic E-state index is -0.661. The first-order valence-corrected chi connectivity index (χ1v) is 8.02. The van der Waals surface area contributed by atoms with Gasteiger partial charge in [-0.2, -0.15) is 0 Å². The molecule has 3 aromatic rings. The Hall–Kier alpha value is -3.15. The summed E-state index contributed by atoms with van der Waals surface area (Å²) >= 11 is 0. The van der Waals surface area contributed by atoms with Gasteiger partial charge in [0.05, 0.1) is 19.3 Å². The molecule has 0 bridgehead atoms. The molecule has 8 heteroatoms. The predicted octanol–water partition coefficient (Wildman–Crippen LogP) is 1.14. The molecule has 1 atom stereocenters. The van der Waals surface area contributed by atoms with Crippen LogP contribution in [0.5, 0.6) is 5.75 Å². The lowest BCUT2D eigenvalue weighted by molar-refractivity contribution is 0.184. The maximum absolute atomic E-state index is 9.68. The quantitative estimate of drug-likeness (QED) is 0.639. The maximum Gasteiger partial charge on any atom is 0.210 e. The summed E-state index contributed by atoms with van der Waals surface area (Å²) in [7, 11) is 0. The lowest BCUT2D eigenvalue weighted by Gasteiger charge is -2.07. The molecule has 0 unspecified atom stereocenters. The minimum absolute atomic E-state index is 0.0484. The summed E-state index contributed by atoms with van der Waals surface area (Å²) in [6.07, 6.45) is 4.28. The van der Waals surface area contributed by atoms with Gasteiger partial charge >= 0.3 is 0 Å². The summed E-state index contributed by atoms with van der Waals surface area (Å²) in [5, 5.41) is 22.4. The van der Waals surface area contributed by atoms with Crippen LogP contribution in [-0.4, -0.2) is 43.1 Å². The van der Waals surface area contributed by atoms with Gasteiger partial charge in [0.1, 0.15) is 35.7 Å². The number of rotatable bonds is 6. The Balaban J connectivity index is 1.65. The monoisotopic (exact) mass is 354 g/mol. The largest absolute Gasteiger partial charge is 0.490 e. The molecule has 0 aliphatic heterocycles. The van der Waals surface area contributed by atoms with Crippen LogP contribution in [0.15, 0.2) is 41.3 Å². The number of hydrogen-bond acceptors (Lipinski definition) is 7. The SMILES string of the molecule is C[C@H](O)c1nccn1Cc1cc(C#Cc2ccc(OCCO)cn2)on1. The fourth-order valence-electron chi connectivity index (χ4n) is 2.27. The van der Waals surface area contributed by atoms with Crippen molar-refractivity contribution >= 4 is 0 Å². The molecule has 3 aromatic heterocycles. The van der Waals surface area contributed by atoms with Crippen LogP contribution in [0.1, 0.15) is 36.0 Å². The second kappa shape index (κ2) is 8.29. The van der Waals surface area contributed by atoms with Crippen LogP contribution in [0.4, 0.5) is 0 Å². The first-order chi connectivity index (χ1) is 12.7. The topological polar surface area (TPSA) is 106 Å². The molecule has 0 aliphatic carbocycles. The molecule has 0 fully saturated rings. The predicted molar refractivity (Wildman–Crippen MR) is 91.3 cm³/mol. The second-order valence-electron chi connectivity index (χ2n) is 5.47. The van der Waals surface area contributed by atoms with Crippen molar-refractivity contribution in [1.29, 1.82) is 0 Å². The van der Waals surface area contributed by atoms with Crippen LogP contribution in [0.3, 0.4) is 0 Å². The molecule has 2 N–H and O–H groups in total. The molecular formula is C18H18N4O4. The zero-order valence-electron chi connectivity index (χ0n) is 14.2. The van der Waals surface area contributed by atoms with Crippen molar-refractivity contribution in [3.8, 4) is 17.6 Å². The van der Waals surface area contributed by atoms with Crippen molar-refractivity contribution < 1.29 is 19.5 Å². The van der Waals surface area contributed by atoms with Gasteiger partial charge in [-0.15, -0.1) is 0 Å². The van der Waals surface area contributed by atoms with E-state index in [1.807, 2.05) is 0 Å². The first-order valence-electron chi connectivity index (χ1n) is 8.02. The summed E-state index contributed by atoms with van der Waals surface area (Å²) in [4.78, 5) is 8.28. The lowest BCUT2D eigenvalue weighted by Crippen LogP contribution is -2.07. The van der Waals surface area contributed by atoms with E-state index in [1.165, 1.54) is 0 Å². The third-order valence-corrected chi connectivity index (χ3v) is 3.42. The molecule has 3 heterocycles. The third-order valence-electron chi connectivity index (χ3n) is 3.42. The molecule has 8 nitrogen and oxygen atoms in total. The fraction of sp³-hybridized carbons (Fsp3) is 0.278. The highest BCUT2D eigenvalue weighted by atomic mass is 16.5. The van der Waals surface area contributed by atoms with Crippen molar-refractivity contribution in [2.75, 3.05) is 13.2 Å². The molecule has 0 radical (unpaired) electrons. The van der Waals surface area contributed by atoms with E-state index in [0.29, 0.717) is 35.3 Å². The highest BCUT2D eigenvalue weighted by Crippen LogP contribution is 2.12. The van der Waals surface area contributed by atoms with Crippen molar-refractivity contribution in [1.82, 2.24) is 19.7 Å². The molecule has 0 amide bonds. The number of aliphatic hydroxyl groups is 2. The smallest absolute Gasteiger partial charge is 0.210 e. The Morgan fingerprint density at radius 2 is 2.19 bits per heavy atom. The van der Waals surface area contributed by atoms with E-state index in [-0.39, 0.29) is 13.2 Å². The fourth-order valence-corrected chi connectivity index (χ4v) is 2.27. The van der Waals surface area contributed by atoms with E-state index in [1.54, 1.807) is 48.3 Å². The normalized spacial score (nSPS) is 11.7. The third kappa shape index (κ3) is 4.47. The average molecular weight is 354 g/mol. The Kier molecular flexibility index (Phi) is 5.63. The number of aliphatic hydroxyl groups excluding tert-OH is 2. The highest BCUT2D eigenvalue weighted by molar-refractivity contribution is 5.36. The van der Waals surface area contributed by atoms with E-state index in [0.717, 1.165) is 0 Å². The van der Waals surface area contributed by atoms with Crippen molar-refractivity contribution in [3.63, 3.8) is 0 Å². The summed E-state index contributed by atoms with van der Waals surface area (Å²) in [5.41, 5.74) is 1.24. The number of nitrogens with zero attached hydrogens (tertiary/aromatic N) is 4. The molecule has 0 saturated heterocycles. The molecule has 3 rings (SSSR count). The summed E-state index contributed by atoms with van der Waals surface area (Å²) in [5.74, 6) is 7.30. The number of hydrogen-bond donors (Lipinski definition) is 2. The van der Waals surface area contributed by atoms with E-state index in [9.17, 15) is 5.11 Å². The Bertz CT molecular complexity index is 903. The summed E-state index contributed by atoms with van der Waals surface area (Å²) < 4.78 is 12.2. The Labute approximate surface area is 150 Å². The molecule has 26 heavy (non-hydrogen) atoms. The molecule has 0 aromatic carbocycles. The minimum Gasteiger partial charge on any atom is -0.490 e. The maximum atomic E-state index is 9.68. The van der Waals surface area contributed by atoms with E-state index < -0.39 is 6.10 Å². The van der Waals surface area contributed by atoms with E-state index in [2.05, 4.69) is 27.0 Å². The standard InChI is InChI=1S/C18H18N4O4/c1-13(24)18-19-6-7-22(18)12-15-10-16(26-21-15)4-2-14-3-5-17(11-20-14)25-9-8-23/h3,5-7,10-11,13,23-24H,8-9,12H2,1H3/t13-/m0/s1. The van der Waals surface area contributed by atoms with Gasteiger partial charge in [-0.05, 0) is 30.9 Å². The van der Waals surface area contributed by atoms with Gasteiger partial charge in [-0.25, -0.2) is 9.97 Å². The van der Waals surface area contributed by atoms with Gasteiger partial charge in [0.25, 0.3) is 0 Å². The number of imidazole rings is 1. The van der Waals surface area contributed by atoms with Gasteiger partial charge in [0, 0.05) is 18.5 Å². The van der Waals surface area contributed by atoms with Crippen LogP contribution >= 0.6 is 0 Å². The molecule has 0 spiro atoms. The first kappa shape index (κ1) is 17.7. The zero-order valence-corrected chi connectivity index (χ0v) is 14.2. The zero-order chi connectivity index (χ0) is 18.4. The van der Waals surface area contributed by atoms with E-state index >= 15 is 0 Å². The average Bonchev–Trinajstić information content (AvgIpc) is 3.29. The van der Waals surface area contributed by atoms with Gasteiger partial charge in [0.2, 0.25) is 5.76 Å². The molecular weight excluding hydrogens is 336 g/mol. The van der Waals surface area contributed by atoms with Gasteiger partial charge in [0.15, 0.2) is 0 Å². The van der Waals surface area contributed by atoms with Crippen LogP contribution < -0.4 is 4.74 Å². The summed E-state index contributed by atoms with van der Waals surface area (Å²) in [6.45, 7) is 2.26. The molecule has 0 aliphatic rings. The second-order valence-corrected chi connectivity index (χ2v) is 5.47. The summed E-state index contributed by atoms with van der Waals surface area (Å²) in [6, 6.07) is 5.18. The van der Waals surface area contributed by atoms with Crippen LogP contribution in [0.2, 0.25) is 0 Å². The van der Waals surface area contributed by atoms with Crippen LogP contribution in [-0.2, 0) is 6.54 Å². The number of ether oxygens (including phenoxy) is 1. The van der Waals surface area contributed by atoms with E-state index in [4.69, 9.17) is 14.4 Å². The van der Waals surface area contributed by atoms with Crippen molar-refractivity contribution in [2.45, 2.75) is 19.6 Å². The van der Waals surface area contributed by atoms with Crippen LogP contribution in [0, 0.1) is 11.8 Å². The van der Waals surface area contributed by atoms with Gasteiger partial charge in [-0.1, -0.05) is 5.16 Å². The van der Waals surface area contributed by atoms with Crippen molar-refractivity contribution in [2.24, 2.45) is 0 Å². The van der Waals surface area contributed by atoms with Crippen molar-refractivity contribution in [3.05, 3.63) is 59.8 Å². The molecule has 134 valence electrons. The number of pyridine rings is 1. The molecule has 0 saturated carbocycles. The van der Waals surface area contributed by atoms with Crippen LogP contribution in [0.25, 0.3) is 0 Å². The Morgan fingerprint density at radius 3 is 2.92 bits per heavy atom. The Morgan fingerprint density at radius 1 is 1.31 bits per heavy atom. The highest BCUT2D eigenvalue weighted by Gasteiger charge is 2.10. The van der Waals surface area contributed by atoms with Gasteiger partial charge < -0.3 is 24.0 Å². The lowest BCUT2D eigenvalue weighted by atomic mass is 10.3. The van der Waals surface area contributed by atoms with Gasteiger partial charge in [-0.3, -0.25) is 0 Å². The number of aromatic nitrogens is 4.